The van der Waals surface area contributed by atoms with E-state index in [4.69, 9.17) is 10.5 Å². The van der Waals surface area contributed by atoms with E-state index in [0.29, 0.717) is 0 Å². The van der Waals surface area contributed by atoms with Gasteiger partial charge < -0.3 is 20.3 Å². The largest absolute Gasteiger partial charge is 0.465 e. The summed E-state index contributed by atoms with van der Waals surface area (Å²) in [6.45, 7) is 5.19. The number of hydrogen-bond acceptors (Lipinski definition) is 6. The Morgan fingerprint density at radius 2 is 2.28 bits per heavy atom. The number of rotatable bonds is 4. The highest BCUT2D eigenvalue weighted by Crippen LogP contribution is 2.62. The fourth-order valence-corrected chi connectivity index (χ4v) is 3.04. The summed E-state index contributed by atoms with van der Waals surface area (Å²) in [5, 5.41) is 9.86. The number of aliphatic hydroxyl groups excluding tert-OH is 1. The predicted octanol–water partition coefficient (Wildman–Crippen LogP) is -0.440. The summed E-state index contributed by atoms with van der Waals surface area (Å²) in [5.74, 6) is -2.32. The van der Waals surface area contributed by atoms with Gasteiger partial charge in [-0.25, -0.2) is 0 Å². The molecule has 2 rings (SSSR count). The second kappa shape index (κ2) is 4.37. The normalized spacial score (nSPS) is 40.8. The average Bonchev–Trinajstić information content (AvgIpc) is 2.99. The lowest BCUT2D eigenvalue weighted by Gasteiger charge is -2.25. The molecule has 0 aromatic heterocycles. The van der Waals surface area contributed by atoms with Gasteiger partial charge in [-0.3, -0.25) is 9.59 Å². The van der Waals surface area contributed by atoms with Gasteiger partial charge in [-0.1, -0.05) is 6.58 Å². The summed E-state index contributed by atoms with van der Waals surface area (Å²) in [6.07, 6.45) is 0.386. The molecule has 0 radical (unpaired) electrons. The van der Waals surface area contributed by atoms with Crippen LogP contribution in [0.25, 0.3) is 0 Å². The van der Waals surface area contributed by atoms with Crippen LogP contribution in [-0.2, 0) is 19.1 Å². The third-order valence-electron chi connectivity index (χ3n) is 3.79. The summed E-state index contributed by atoms with van der Waals surface area (Å²) >= 11 is 0. The summed E-state index contributed by atoms with van der Waals surface area (Å²) in [6, 6.07) is 0. The van der Waals surface area contributed by atoms with Crippen LogP contribution in [0.3, 0.4) is 0 Å². The zero-order chi connectivity index (χ0) is 13.5. The molecule has 100 valence electrons. The number of carbonyl (C=O) groups is 2. The second-order valence-corrected chi connectivity index (χ2v) is 4.76. The summed E-state index contributed by atoms with van der Waals surface area (Å²) < 4.78 is 9.60. The van der Waals surface area contributed by atoms with E-state index in [1.165, 1.54) is 0 Å². The molecule has 0 amide bonds. The minimum absolute atomic E-state index is 0.124. The van der Waals surface area contributed by atoms with Crippen LogP contribution in [0.2, 0.25) is 0 Å². The third kappa shape index (κ3) is 1.72. The zero-order valence-electron chi connectivity index (χ0n) is 10.2. The molecule has 0 heterocycles. The molecule has 6 heteroatoms. The monoisotopic (exact) mass is 255 g/mol. The Bertz CT molecular complexity index is 396. The number of hydrogen-bond donors (Lipinski definition) is 2. The number of ether oxygens (including phenoxy) is 2. The number of carbonyl (C=O) groups excluding carboxylic acids is 2. The topological polar surface area (TPSA) is 98.9 Å². The Morgan fingerprint density at radius 1 is 1.61 bits per heavy atom. The third-order valence-corrected chi connectivity index (χ3v) is 3.79. The smallest absolute Gasteiger partial charge is 0.326 e. The molecule has 2 aliphatic carbocycles. The molecule has 2 aliphatic rings. The van der Waals surface area contributed by atoms with E-state index in [-0.39, 0.29) is 18.9 Å². The molecule has 0 aromatic rings. The van der Waals surface area contributed by atoms with Crippen molar-refractivity contribution in [3.05, 3.63) is 12.8 Å². The molecule has 0 bridgehead atoms. The summed E-state index contributed by atoms with van der Waals surface area (Å²) in [7, 11) is 0. The van der Waals surface area contributed by atoms with Gasteiger partial charge in [0.05, 0.1) is 24.9 Å². The van der Waals surface area contributed by atoms with Crippen molar-refractivity contribution in [2.45, 2.75) is 25.0 Å². The Balaban J connectivity index is 2.14. The number of aliphatic hydroxyl groups is 1. The SMILES string of the molecule is C=COC(=O)[C@H]1[C@H]2[C@@H]1C(N)(C(=O)OCC)C[C@@H]2O. The van der Waals surface area contributed by atoms with Gasteiger partial charge in [-0.05, 0) is 6.92 Å². The van der Waals surface area contributed by atoms with Crippen LogP contribution in [0.15, 0.2) is 12.8 Å². The maximum Gasteiger partial charge on any atom is 0.326 e. The van der Waals surface area contributed by atoms with Gasteiger partial charge in [-0.15, -0.1) is 0 Å². The maximum absolute atomic E-state index is 11.8. The number of esters is 2. The average molecular weight is 255 g/mol. The van der Waals surface area contributed by atoms with E-state index in [0.717, 1.165) is 6.26 Å². The van der Waals surface area contributed by atoms with Crippen LogP contribution in [0, 0.1) is 17.8 Å². The molecular formula is C12H17NO5. The van der Waals surface area contributed by atoms with Crippen molar-refractivity contribution >= 4 is 11.9 Å². The maximum atomic E-state index is 11.8. The highest BCUT2D eigenvalue weighted by Gasteiger charge is 2.74. The van der Waals surface area contributed by atoms with Gasteiger partial charge >= 0.3 is 11.9 Å². The Hall–Kier alpha value is -1.40. The first-order chi connectivity index (χ1) is 8.47. The van der Waals surface area contributed by atoms with Crippen LogP contribution in [0.4, 0.5) is 0 Å². The van der Waals surface area contributed by atoms with Crippen LogP contribution < -0.4 is 5.73 Å². The van der Waals surface area contributed by atoms with E-state index in [1.807, 2.05) is 0 Å². The standard InChI is InChI=1S/C12H17NO5/c1-3-17-10(15)8-7-6(14)5-12(13,9(7)8)11(16)18-4-2/h3,6-9,14H,1,4-5,13H2,2H3/t6-,7-,8-,9-,12?/m0/s1. The van der Waals surface area contributed by atoms with Crippen LogP contribution in [-0.4, -0.2) is 35.3 Å². The quantitative estimate of drug-likeness (QED) is 0.522. The van der Waals surface area contributed by atoms with Crippen molar-refractivity contribution in [1.82, 2.24) is 0 Å². The molecule has 0 saturated heterocycles. The van der Waals surface area contributed by atoms with Crippen molar-refractivity contribution < 1.29 is 24.2 Å². The predicted molar refractivity (Wildman–Crippen MR) is 60.9 cm³/mol. The van der Waals surface area contributed by atoms with Crippen molar-refractivity contribution in [1.29, 1.82) is 0 Å². The van der Waals surface area contributed by atoms with Gasteiger partial charge in [0.25, 0.3) is 0 Å². The molecule has 6 nitrogen and oxygen atoms in total. The highest BCUT2D eigenvalue weighted by molar-refractivity contribution is 5.87. The van der Waals surface area contributed by atoms with E-state index in [2.05, 4.69) is 11.3 Å². The molecule has 5 atom stereocenters. The van der Waals surface area contributed by atoms with Crippen molar-refractivity contribution in [3.63, 3.8) is 0 Å². The summed E-state index contributed by atoms with van der Waals surface area (Å²) in [5.41, 5.74) is 4.73. The van der Waals surface area contributed by atoms with Crippen LogP contribution >= 0.6 is 0 Å². The highest BCUT2D eigenvalue weighted by atomic mass is 16.5. The fourth-order valence-electron chi connectivity index (χ4n) is 3.04. The first kappa shape index (κ1) is 13.0. The molecule has 0 aliphatic heterocycles. The van der Waals surface area contributed by atoms with Gasteiger partial charge in [-0.2, -0.15) is 0 Å². The molecule has 1 unspecified atom stereocenters. The number of nitrogens with two attached hydrogens (primary N) is 1. The lowest BCUT2D eigenvalue weighted by atomic mass is 9.91. The van der Waals surface area contributed by atoms with Crippen molar-refractivity contribution in [2.75, 3.05) is 6.61 Å². The number of fused-ring (bicyclic) bond motifs is 1. The van der Waals surface area contributed by atoms with Gasteiger partial charge in [0.15, 0.2) is 0 Å². The molecule has 3 N–H and O–H groups in total. The molecule has 2 saturated carbocycles. The first-order valence-electron chi connectivity index (χ1n) is 5.93. The van der Waals surface area contributed by atoms with Crippen LogP contribution in [0.5, 0.6) is 0 Å². The van der Waals surface area contributed by atoms with E-state index in [1.54, 1.807) is 6.92 Å². The molecule has 18 heavy (non-hydrogen) atoms. The fraction of sp³-hybridized carbons (Fsp3) is 0.667. The summed E-state index contributed by atoms with van der Waals surface area (Å²) in [4.78, 5) is 23.5. The lowest BCUT2D eigenvalue weighted by Crippen LogP contribution is -2.51. The second-order valence-electron chi connectivity index (χ2n) is 4.76. The molecule has 0 aromatic carbocycles. The Labute approximate surface area is 105 Å². The molecular weight excluding hydrogens is 238 g/mol. The minimum atomic E-state index is -1.29. The van der Waals surface area contributed by atoms with Crippen LogP contribution in [0.1, 0.15) is 13.3 Å². The minimum Gasteiger partial charge on any atom is -0.465 e. The molecule has 2 fully saturated rings. The Morgan fingerprint density at radius 3 is 2.83 bits per heavy atom. The van der Waals surface area contributed by atoms with Gasteiger partial charge in [0.2, 0.25) is 0 Å². The first-order valence-corrected chi connectivity index (χ1v) is 5.93. The van der Waals surface area contributed by atoms with Crippen molar-refractivity contribution in [3.8, 4) is 0 Å². The van der Waals surface area contributed by atoms with E-state index >= 15 is 0 Å². The Kier molecular flexibility index (Phi) is 3.16. The van der Waals surface area contributed by atoms with Crippen molar-refractivity contribution in [2.24, 2.45) is 23.5 Å². The van der Waals surface area contributed by atoms with E-state index < -0.39 is 35.4 Å². The lowest BCUT2D eigenvalue weighted by molar-refractivity contribution is -0.151. The van der Waals surface area contributed by atoms with Gasteiger partial charge in [0.1, 0.15) is 5.54 Å². The zero-order valence-corrected chi connectivity index (χ0v) is 10.2. The van der Waals surface area contributed by atoms with E-state index in [9.17, 15) is 14.7 Å². The van der Waals surface area contributed by atoms with Gasteiger partial charge in [0, 0.05) is 18.3 Å². The molecule has 0 spiro atoms.